The maximum absolute atomic E-state index is 12.0. The van der Waals surface area contributed by atoms with Gasteiger partial charge in [-0.15, -0.1) is 0 Å². The lowest BCUT2D eigenvalue weighted by Gasteiger charge is -2.26. The van der Waals surface area contributed by atoms with Gasteiger partial charge in [-0.3, -0.25) is 4.79 Å². The SMILES string of the molecule is COC(C)CCC(=O)N1CCCC1CC(C)O. The number of aliphatic hydroxyl groups is 1. The Labute approximate surface area is 104 Å². The van der Waals surface area contributed by atoms with Crippen molar-refractivity contribution >= 4 is 5.91 Å². The van der Waals surface area contributed by atoms with Crippen LogP contribution in [-0.2, 0) is 9.53 Å². The van der Waals surface area contributed by atoms with Crippen LogP contribution in [0, 0.1) is 0 Å². The summed E-state index contributed by atoms with van der Waals surface area (Å²) in [4.78, 5) is 14.0. The molecule has 0 spiro atoms. The molecule has 17 heavy (non-hydrogen) atoms. The first-order chi connectivity index (χ1) is 8.04. The number of aliphatic hydroxyl groups excluding tert-OH is 1. The minimum absolute atomic E-state index is 0.136. The minimum atomic E-state index is -0.328. The first kappa shape index (κ1) is 14.5. The first-order valence-electron chi connectivity index (χ1n) is 6.55. The minimum Gasteiger partial charge on any atom is -0.393 e. The molecule has 100 valence electrons. The monoisotopic (exact) mass is 243 g/mol. The zero-order chi connectivity index (χ0) is 12.8. The molecule has 4 heteroatoms. The number of nitrogens with zero attached hydrogens (tertiary/aromatic N) is 1. The molecule has 1 fully saturated rings. The molecule has 1 heterocycles. The maximum atomic E-state index is 12.0. The summed E-state index contributed by atoms with van der Waals surface area (Å²) in [5.41, 5.74) is 0. The molecule has 1 rings (SSSR count). The normalized spacial score (nSPS) is 23.8. The van der Waals surface area contributed by atoms with Crippen LogP contribution in [0.4, 0.5) is 0 Å². The zero-order valence-electron chi connectivity index (χ0n) is 11.2. The van der Waals surface area contributed by atoms with E-state index in [1.807, 2.05) is 11.8 Å². The second-order valence-corrected chi connectivity index (χ2v) is 5.05. The number of hydrogen-bond acceptors (Lipinski definition) is 3. The Morgan fingerprint density at radius 2 is 2.24 bits per heavy atom. The van der Waals surface area contributed by atoms with Crippen LogP contribution in [0.25, 0.3) is 0 Å². The summed E-state index contributed by atoms with van der Waals surface area (Å²) in [5, 5.41) is 9.41. The average Bonchev–Trinajstić information content (AvgIpc) is 2.72. The molecule has 0 bridgehead atoms. The van der Waals surface area contributed by atoms with Crippen molar-refractivity contribution in [3.05, 3.63) is 0 Å². The molecule has 0 saturated carbocycles. The van der Waals surface area contributed by atoms with Crippen molar-refractivity contribution in [2.45, 2.75) is 64.2 Å². The van der Waals surface area contributed by atoms with Crippen molar-refractivity contribution in [1.29, 1.82) is 0 Å². The second kappa shape index (κ2) is 6.97. The van der Waals surface area contributed by atoms with Crippen LogP contribution in [-0.4, -0.2) is 47.8 Å². The lowest BCUT2D eigenvalue weighted by molar-refractivity contribution is -0.133. The quantitative estimate of drug-likeness (QED) is 0.770. The number of hydrogen-bond donors (Lipinski definition) is 1. The summed E-state index contributed by atoms with van der Waals surface area (Å²) in [7, 11) is 1.67. The largest absolute Gasteiger partial charge is 0.393 e. The van der Waals surface area contributed by atoms with Gasteiger partial charge in [0.2, 0.25) is 5.91 Å². The highest BCUT2D eigenvalue weighted by atomic mass is 16.5. The van der Waals surface area contributed by atoms with Crippen LogP contribution in [0.3, 0.4) is 0 Å². The predicted octanol–water partition coefficient (Wildman–Crippen LogP) is 1.56. The third kappa shape index (κ3) is 4.64. The van der Waals surface area contributed by atoms with Gasteiger partial charge in [0.05, 0.1) is 12.2 Å². The van der Waals surface area contributed by atoms with E-state index in [2.05, 4.69) is 0 Å². The van der Waals surface area contributed by atoms with E-state index in [1.54, 1.807) is 14.0 Å². The Hall–Kier alpha value is -0.610. The first-order valence-corrected chi connectivity index (χ1v) is 6.55. The van der Waals surface area contributed by atoms with Gasteiger partial charge in [0.25, 0.3) is 0 Å². The highest BCUT2D eigenvalue weighted by molar-refractivity contribution is 5.76. The summed E-state index contributed by atoms with van der Waals surface area (Å²) >= 11 is 0. The van der Waals surface area contributed by atoms with Gasteiger partial charge in [-0.2, -0.15) is 0 Å². The summed E-state index contributed by atoms with van der Waals surface area (Å²) in [6.45, 7) is 4.61. The number of amides is 1. The van der Waals surface area contributed by atoms with E-state index in [-0.39, 0.29) is 24.2 Å². The van der Waals surface area contributed by atoms with Gasteiger partial charge in [-0.05, 0) is 39.5 Å². The van der Waals surface area contributed by atoms with Crippen molar-refractivity contribution in [2.75, 3.05) is 13.7 Å². The Kier molecular flexibility index (Phi) is 5.92. The molecule has 1 N–H and O–H groups in total. The van der Waals surface area contributed by atoms with Crippen LogP contribution in [0.2, 0.25) is 0 Å². The second-order valence-electron chi connectivity index (χ2n) is 5.05. The summed E-state index contributed by atoms with van der Waals surface area (Å²) < 4.78 is 5.14. The maximum Gasteiger partial charge on any atom is 0.222 e. The van der Waals surface area contributed by atoms with Crippen LogP contribution in [0.15, 0.2) is 0 Å². The zero-order valence-corrected chi connectivity index (χ0v) is 11.2. The summed E-state index contributed by atoms with van der Waals surface area (Å²) in [5.74, 6) is 0.206. The number of methoxy groups -OCH3 is 1. The third-order valence-corrected chi connectivity index (χ3v) is 3.48. The van der Waals surface area contributed by atoms with Crippen molar-refractivity contribution in [3.8, 4) is 0 Å². The fraction of sp³-hybridized carbons (Fsp3) is 0.923. The molecule has 1 aliphatic heterocycles. The Bertz CT molecular complexity index is 243. The fourth-order valence-electron chi connectivity index (χ4n) is 2.39. The number of likely N-dealkylation sites (tertiary alicyclic amines) is 1. The molecule has 1 amide bonds. The molecule has 0 aromatic rings. The number of rotatable bonds is 6. The van der Waals surface area contributed by atoms with Crippen LogP contribution < -0.4 is 0 Å². The highest BCUT2D eigenvalue weighted by Gasteiger charge is 2.29. The fourth-order valence-corrected chi connectivity index (χ4v) is 2.39. The topological polar surface area (TPSA) is 49.8 Å². The van der Waals surface area contributed by atoms with E-state index in [4.69, 9.17) is 4.74 Å². The van der Waals surface area contributed by atoms with Gasteiger partial charge < -0.3 is 14.7 Å². The van der Waals surface area contributed by atoms with Crippen molar-refractivity contribution < 1.29 is 14.6 Å². The molecule has 3 atom stereocenters. The van der Waals surface area contributed by atoms with Crippen molar-refractivity contribution in [1.82, 2.24) is 4.90 Å². The Balaban J connectivity index is 2.39. The van der Waals surface area contributed by atoms with Gasteiger partial charge in [-0.25, -0.2) is 0 Å². The highest BCUT2D eigenvalue weighted by Crippen LogP contribution is 2.22. The van der Waals surface area contributed by atoms with Gasteiger partial charge >= 0.3 is 0 Å². The predicted molar refractivity (Wildman–Crippen MR) is 66.7 cm³/mol. The van der Waals surface area contributed by atoms with Gasteiger partial charge in [-0.1, -0.05) is 0 Å². The number of ether oxygens (including phenoxy) is 1. The molecular weight excluding hydrogens is 218 g/mol. The molecule has 0 aliphatic carbocycles. The molecule has 1 aliphatic rings. The Morgan fingerprint density at radius 3 is 2.82 bits per heavy atom. The molecule has 4 nitrogen and oxygen atoms in total. The Morgan fingerprint density at radius 1 is 1.53 bits per heavy atom. The van der Waals surface area contributed by atoms with Gasteiger partial charge in [0.15, 0.2) is 0 Å². The average molecular weight is 243 g/mol. The van der Waals surface area contributed by atoms with E-state index < -0.39 is 0 Å². The third-order valence-electron chi connectivity index (χ3n) is 3.48. The molecule has 0 radical (unpaired) electrons. The van der Waals surface area contributed by atoms with Crippen molar-refractivity contribution in [2.24, 2.45) is 0 Å². The summed E-state index contributed by atoms with van der Waals surface area (Å²) in [6, 6.07) is 0.236. The number of carbonyl (C=O) groups excluding carboxylic acids is 1. The van der Waals surface area contributed by atoms with Crippen molar-refractivity contribution in [3.63, 3.8) is 0 Å². The number of carbonyl (C=O) groups is 1. The lowest BCUT2D eigenvalue weighted by Crippen LogP contribution is -2.37. The smallest absolute Gasteiger partial charge is 0.222 e. The standard InChI is InChI=1S/C13H25NO3/c1-10(15)9-12-5-4-8-14(12)13(16)7-6-11(2)17-3/h10-12,15H,4-9H2,1-3H3. The molecule has 3 unspecified atom stereocenters. The van der Waals surface area contributed by atoms with Gasteiger partial charge in [0.1, 0.15) is 0 Å². The molecule has 0 aromatic heterocycles. The van der Waals surface area contributed by atoms with Gasteiger partial charge in [0, 0.05) is 26.1 Å². The summed E-state index contributed by atoms with van der Waals surface area (Å²) in [6.07, 6.45) is 3.91. The van der Waals surface area contributed by atoms with Crippen LogP contribution >= 0.6 is 0 Å². The van der Waals surface area contributed by atoms with E-state index in [9.17, 15) is 9.90 Å². The van der Waals surface area contributed by atoms with E-state index in [1.165, 1.54) is 0 Å². The molecule has 1 saturated heterocycles. The van der Waals surface area contributed by atoms with E-state index >= 15 is 0 Å². The van der Waals surface area contributed by atoms with Crippen LogP contribution in [0.5, 0.6) is 0 Å². The van der Waals surface area contributed by atoms with E-state index in [0.29, 0.717) is 12.8 Å². The lowest BCUT2D eigenvalue weighted by atomic mass is 10.1. The van der Waals surface area contributed by atoms with Crippen LogP contribution in [0.1, 0.15) is 46.0 Å². The molecule has 0 aromatic carbocycles. The van der Waals surface area contributed by atoms with E-state index in [0.717, 1.165) is 25.8 Å². The molecular formula is C13H25NO3.